The molecule has 3 nitrogen and oxygen atoms in total. The van der Waals surface area contributed by atoms with Gasteiger partial charge >= 0.3 is 0 Å². The highest BCUT2D eigenvalue weighted by molar-refractivity contribution is 9.10. The van der Waals surface area contributed by atoms with Gasteiger partial charge in [-0.25, -0.2) is 0 Å². The third kappa shape index (κ3) is 0.522. The first-order valence-corrected chi connectivity index (χ1v) is 7.57. The Morgan fingerprint density at radius 2 is 1.88 bits per heavy atom. The van der Waals surface area contributed by atoms with Crippen LogP contribution in [0.5, 0.6) is 0 Å². The molecule has 4 heteroatoms. The monoisotopic (exact) mass is 298 g/mol. The molecule has 0 aromatic carbocycles. The molecule has 6 aliphatic carbocycles. The molecule has 9 atom stereocenters. The Bertz CT molecular complexity index is 473. The van der Waals surface area contributed by atoms with Crippen LogP contribution in [0.4, 0.5) is 0 Å². The Hall–Kier alpha value is 0.360. The van der Waals surface area contributed by atoms with Crippen molar-refractivity contribution < 1.29 is 14.6 Å². The van der Waals surface area contributed by atoms with Gasteiger partial charge in [0.05, 0.1) is 23.6 Å². The minimum Gasteiger partial charge on any atom is -0.393 e. The van der Waals surface area contributed by atoms with E-state index in [-0.39, 0.29) is 21.6 Å². The SMILES string of the molecule is C[C@H](O)[C@]12[C@@H]3[C@@H]4[C@H]5[C@@H]1[C@@H]2[C@@](Br)([C@H]43)C51OCCO1. The highest BCUT2D eigenvalue weighted by Gasteiger charge is 3.09. The lowest BCUT2D eigenvalue weighted by molar-refractivity contribution is -0.193. The van der Waals surface area contributed by atoms with Crippen molar-refractivity contribution in [2.45, 2.75) is 23.1 Å². The largest absolute Gasteiger partial charge is 0.393 e. The fraction of sp³-hybridized carbons (Fsp3) is 1.00. The molecule has 2 bridgehead atoms. The Morgan fingerprint density at radius 1 is 1.18 bits per heavy atom. The van der Waals surface area contributed by atoms with Gasteiger partial charge in [-0.1, -0.05) is 15.9 Å². The maximum atomic E-state index is 10.2. The molecule has 0 aromatic heterocycles. The van der Waals surface area contributed by atoms with Gasteiger partial charge in [0.25, 0.3) is 0 Å². The van der Waals surface area contributed by atoms with Gasteiger partial charge in [0.1, 0.15) is 0 Å². The van der Waals surface area contributed by atoms with E-state index in [9.17, 15) is 5.11 Å². The van der Waals surface area contributed by atoms with Gasteiger partial charge in [0.15, 0.2) is 5.79 Å². The van der Waals surface area contributed by atoms with Crippen LogP contribution in [0, 0.1) is 40.9 Å². The van der Waals surface area contributed by atoms with Crippen LogP contribution < -0.4 is 0 Å². The molecule has 0 radical (unpaired) electrons. The number of alkyl halides is 1. The van der Waals surface area contributed by atoms with E-state index in [0.29, 0.717) is 17.8 Å². The summed E-state index contributed by atoms with van der Waals surface area (Å²) in [6.07, 6.45) is -0.154. The average Bonchev–Trinajstić information content (AvgIpc) is 2.97. The Morgan fingerprint density at radius 3 is 2.29 bits per heavy atom. The molecule has 1 spiro atoms. The van der Waals surface area contributed by atoms with Gasteiger partial charge in [0, 0.05) is 11.3 Å². The molecule has 1 saturated heterocycles. The second-order valence-electron chi connectivity index (χ2n) is 6.97. The molecular formula is C13H15BrO3. The van der Waals surface area contributed by atoms with Gasteiger partial charge in [0.2, 0.25) is 0 Å². The van der Waals surface area contributed by atoms with Crippen LogP contribution in [0.3, 0.4) is 0 Å². The van der Waals surface area contributed by atoms with Crippen LogP contribution in [-0.4, -0.2) is 34.5 Å². The van der Waals surface area contributed by atoms with Crippen LogP contribution in [0.2, 0.25) is 0 Å². The number of halogens is 1. The lowest BCUT2D eigenvalue weighted by Gasteiger charge is -2.38. The predicted octanol–water partition coefficient (Wildman–Crippen LogP) is 0.996. The first kappa shape index (κ1) is 9.29. The molecule has 1 aliphatic heterocycles. The standard InChI is InChI=1S/C13H15BrO3/c1-4(15)11-6-5-7(6)12(14)10(11)9(11)8(5)13(12)16-2-3-17-13/h4-10,15H,2-3H2,1H3/t4-,5-,6+,7+,8-,9+,10-,11-,12-/m0/s1. The Kier molecular flexibility index (Phi) is 1.12. The topological polar surface area (TPSA) is 38.7 Å². The number of rotatable bonds is 1. The summed E-state index contributed by atoms with van der Waals surface area (Å²) in [5.41, 5.74) is 0.240. The highest BCUT2D eigenvalue weighted by Crippen LogP contribution is 3.05. The zero-order valence-electron chi connectivity index (χ0n) is 9.60. The van der Waals surface area contributed by atoms with Crippen molar-refractivity contribution in [1.29, 1.82) is 0 Å². The Balaban J connectivity index is 1.60. The summed E-state index contributed by atoms with van der Waals surface area (Å²) in [4.78, 5) is 0. The van der Waals surface area contributed by atoms with Crippen molar-refractivity contribution in [3.63, 3.8) is 0 Å². The molecular weight excluding hydrogens is 284 g/mol. The smallest absolute Gasteiger partial charge is 0.187 e. The average molecular weight is 299 g/mol. The fourth-order valence-electron chi connectivity index (χ4n) is 7.30. The van der Waals surface area contributed by atoms with E-state index in [1.165, 1.54) is 0 Å². The van der Waals surface area contributed by atoms with Crippen molar-refractivity contribution in [2.75, 3.05) is 13.2 Å². The van der Waals surface area contributed by atoms with E-state index in [0.717, 1.165) is 31.0 Å². The first-order chi connectivity index (χ1) is 8.13. The lowest BCUT2D eigenvalue weighted by atomic mass is 9.90. The molecule has 0 unspecified atom stereocenters. The first-order valence-electron chi connectivity index (χ1n) is 6.78. The maximum Gasteiger partial charge on any atom is 0.187 e. The molecule has 7 aliphatic rings. The van der Waals surface area contributed by atoms with Gasteiger partial charge in [-0.3, -0.25) is 0 Å². The number of hydrogen-bond donors (Lipinski definition) is 1. The summed E-state index contributed by atoms with van der Waals surface area (Å²) >= 11 is 4.05. The van der Waals surface area contributed by atoms with Crippen molar-refractivity contribution >= 4 is 15.9 Å². The van der Waals surface area contributed by atoms with Crippen LogP contribution in [0.1, 0.15) is 6.92 Å². The van der Waals surface area contributed by atoms with Crippen LogP contribution in [0.15, 0.2) is 0 Å². The second-order valence-corrected chi connectivity index (χ2v) is 8.28. The van der Waals surface area contributed by atoms with Gasteiger partial charge < -0.3 is 14.6 Å². The molecule has 17 heavy (non-hydrogen) atoms. The van der Waals surface area contributed by atoms with E-state index in [1.807, 2.05) is 6.92 Å². The second kappa shape index (κ2) is 2.05. The zero-order valence-corrected chi connectivity index (χ0v) is 11.2. The van der Waals surface area contributed by atoms with E-state index in [4.69, 9.17) is 9.47 Å². The van der Waals surface area contributed by atoms with Gasteiger partial charge in [-0.15, -0.1) is 0 Å². The number of ether oxygens (including phenoxy) is 2. The summed E-state index contributed by atoms with van der Waals surface area (Å²) in [7, 11) is 0. The maximum absolute atomic E-state index is 10.2. The van der Waals surface area contributed by atoms with Crippen molar-refractivity contribution in [1.82, 2.24) is 0 Å². The van der Waals surface area contributed by atoms with Crippen LogP contribution in [0.25, 0.3) is 0 Å². The summed E-state index contributed by atoms with van der Waals surface area (Å²) in [6, 6.07) is 0. The minimum absolute atomic E-state index is 0.0398. The number of hydrogen-bond acceptors (Lipinski definition) is 3. The minimum atomic E-state index is -0.316. The zero-order chi connectivity index (χ0) is 11.4. The molecule has 6 saturated carbocycles. The summed E-state index contributed by atoms with van der Waals surface area (Å²) < 4.78 is 12.2. The quantitative estimate of drug-likeness (QED) is 0.734. The molecule has 1 heterocycles. The third-order valence-electron chi connectivity index (χ3n) is 7.17. The molecule has 7 rings (SSSR count). The molecule has 7 fully saturated rings. The van der Waals surface area contributed by atoms with Crippen molar-refractivity contribution in [3.05, 3.63) is 0 Å². The van der Waals surface area contributed by atoms with Crippen molar-refractivity contribution in [2.24, 2.45) is 40.9 Å². The molecule has 1 N–H and O–H groups in total. The normalized spacial score (nSPS) is 75.7. The van der Waals surface area contributed by atoms with E-state index in [2.05, 4.69) is 15.9 Å². The van der Waals surface area contributed by atoms with E-state index in [1.54, 1.807) is 0 Å². The van der Waals surface area contributed by atoms with E-state index >= 15 is 0 Å². The van der Waals surface area contributed by atoms with Crippen LogP contribution in [-0.2, 0) is 9.47 Å². The van der Waals surface area contributed by atoms with Gasteiger partial charge in [-0.2, -0.15) is 0 Å². The number of aliphatic hydroxyl groups is 1. The Labute approximate surface area is 108 Å². The summed E-state index contributed by atoms with van der Waals surface area (Å²) in [5.74, 6) is 3.79. The van der Waals surface area contributed by atoms with Crippen LogP contribution >= 0.6 is 15.9 Å². The molecule has 92 valence electrons. The molecule has 0 amide bonds. The fourth-order valence-corrected chi connectivity index (χ4v) is 9.06. The summed E-state index contributed by atoms with van der Waals surface area (Å²) in [5, 5.41) is 10.2. The van der Waals surface area contributed by atoms with Gasteiger partial charge in [-0.05, 0) is 36.5 Å². The lowest BCUT2D eigenvalue weighted by Crippen LogP contribution is -2.50. The van der Waals surface area contributed by atoms with E-state index < -0.39 is 0 Å². The third-order valence-corrected chi connectivity index (χ3v) is 8.75. The highest BCUT2D eigenvalue weighted by atomic mass is 79.9. The summed E-state index contributed by atoms with van der Waals surface area (Å²) in [6.45, 7) is 3.49. The predicted molar refractivity (Wildman–Crippen MR) is 61.3 cm³/mol. The molecule has 0 aromatic rings. The number of aliphatic hydroxyl groups excluding tert-OH is 1. The van der Waals surface area contributed by atoms with Crippen molar-refractivity contribution in [3.8, 4) is 0 Å².